The van der Waals surface area contributed by atoms with E-state index in [2.05, 4.69) is 56.9 Å². The lowest BCUT2D eigenvalue weighted by Crippen LogP contribution is -3.00. The molecule has 0 heterocycles. The molecule has 2 aromatic rings. The van der Waals surface area contributed by atoms with Gasteiger partial charge in [-0.25, -0.2) is 0 Å². The number of aryl methyl sites for hydroxylation is 2. The molecule has 0 amide bonds. The van der Waals surface area contributed by atoms with Crippen LogP contribution in [0.4, 0.5) is 0 Å². The highest BCUT2D eigenvalue weighted by Gasteiger charge is 2.04. The Bertz CT molecular complexity index is 1250. The number of carbonyl (C=O) groups is 4. The fourth-order valence-electron chi connectivity index (χ4n) is 5.42. The smallest absolute Gasteiger partial charge is 0.305 e. The van der Waals surface area contributed by atoms with Gasteiger partial charge >= 0.3 is 23.9 Å². The van der Waals surface area contributed by atoms with Gasteiger partial charge < -0.3 is 42.4 Å². The average molecular weight is 828 g/mol. The van der Waals surface area contributed by atoms with E-state index in [0.29, 0.717) is 44.8 Å². The molecule has 0 radical (unpaired) electrons. The first-order valence-electron chi connectivity index (χ1n) is 20.4. The van der Waals surface area contributed by atoms with Crippen LogP contribution in [0, 0.1) is 0 Å². The standard InChI is InChI=1S/C22H35NO4.C13H17ClO2.C9H19NO2.ClH/c1-3-27-22(25)12-9-10-19-13-15-20(16-14-19)18-23-17-8-6-4-5-7-11-21(24)26-2;1-2-16-13(15)5-3-4-11-6-8-12(10-14)9-7-11;1-12-9(11)7-5-3-2-4-6-8-10;/h13-16,23H,3-12,17-18H2,1-2H3;6-9H,2-5,10H2,1H3;2-8,10H2,1H3;1H. The Kier molecular flexibility index (Phi) is 39.3. The zero-order chi connectivity index (χ0) is 40.8. The molecule has 0 saturated heterocycles. The Morgan fingerprint density at radius 1 is 0.536 bits per heavy atom. The van der Waals surface area contributed by atoms with Crippen molar-refractivity contribution < 1.29 is 56.3 Å². The van der Waals surface area contributed by atoms with E-state index in [-0.39, 0.29) is 36.3 Å². The molecule has 0 unspecified atom stereocenters. The Hall–Kier alpha value is -3.18. The van der Waals surface area contributed by atoms with E-state index in [9.17, 15) is 19.2 Å². The first kappa shape index (κ1) is 54.9. The largest absolute Gasteiger partial charge is 1.00 e. The number of alkyl halides is 1. The Morgan fingerprint density at radius 2 is 0.911 bits per heavy atom. The molecule has 0 bridgehead atoms. The number of esters is 4. The summed E-state index contributed by atoms with van der Waals surface area (Å²) in [7, 11) is 2.87. The summed E-state index contributed by atoms with van der Waals surface area (Å²) in [6.07, 6.45) is 16.8. The summed E-state index contributed by atoms with van der Waals surface area (Å²) < 4.78 is 19.0. The van der Waals surface area contributed by atoms with Gasteiger partial charge in [0.2, 0.25) is 0 Å². The van der Waals surface area contributed by atoms with Gasteiger partial charge in [-0.15, -0.1) is 11.6 Å². The van der Waals surface area contributed by atoms with E-state index in [4.69, 9.17) is 21.1 Å². The van der Waals surface area contributed by atoms with Crippen LogP contribution in [0.2, 0.25) is 0 Å². The second-order valence-electron chi connectivity index (χ2n) is 13.3. The number of nitrogens with one attached hydrogen (secondary N) is 1. The molecule has 0 fully saturated rings. The van der Waals surface area contributed by atoms with Crippen LogP contribution in [-0.4, -0.2) is 64.4 Å². The van der Waals surface area contributed by atoms with Crippen molar-refractivity contribution in [1.29, 1.82) is 0 Å². The van der Waals surface area contributed by atoms with Gasteiger partial charge in [-0.2, -0.15) is 0 Å². The van der Waals surface area contributed by atoms with Crippen molar-refractivity contribution in [3.05, 3.63) is 70.8 Å². The molecule has 56 heavy (non-hydrogen) atoms. The number of hydrogen-bond donors (Lipinski definition) is 2. The number of halogens is 2. The van der Waals surface area contributed by atoms with Crippen LogP contribution < -0.4 is 23.5 Å². The van der Waals surface area contributed by atoms with Gasteiger partial charge in [0.25, 0.3) is 0 Å². The Balaban J connectivity index is 0. The maximum atomic E-state index is 11.3. The maximum absolute atomic E-state index is 11.3. The predicted molar refractivity (Wildman–Crippen MR) is 220 cm³/mol. The second kappa shape index (κ2) is 40.0. The number of hydrogen-bond acceptors (Lipinski definition) is 9. The molecule has 2 aromatic carbocycles. The number of methoxy groups -OCH3 is 2. The highest BCUT2D eigenvalue weighted by Crippen LogP contribution is 2.11. The van der Waals surface area contributed by atoms with Crippen molar-refractivity contribution >= 4 is 35.5 Å². The van der Waals surface area contributed by atoms with Crippen LogP contribution in [-0.2, 0) is 63.4 Å². The zero-order valence-corrected chi connectivity index (χ0v) is 36.3. The first-order chi connectivity index (χ1) is 26.7. The lowest BCUT2D eigenvalue weighted by Gasteiger charge is -2.07. The van der Waals surface area contributed by atoms with Crippen molar-refractivity contribution in [3.63, 3.8) is 0 Å². The number of carbonyl (C=O) groups excluding carboxylic acids is 4. The fraction of sp³-hybridized carbons (Fsp3) is 0.636. The van der Waals surface area contributed by atoms with Crippen LogP contribution in [0.25, 0.3) is 0 Å². The van der Waals surface area contributed by atoms with Crippen LogP contribution in [0.5, 0.6) is 0 Å². The third-order valence-electron chi connectivity index (χ3n) is 8.65. The minimum absolute atomic E-state index is 0. The Morgan fingerprint density at radius 3 is 1.32 bits per heavy atom. The van der Waals surface area contributed by atoms with Gasteiger partial charge in [0.15, 0.2) is 0 Å². The SMILES string of the molecule is CCOC(=O)CCCc1ccc(CCl)cc1.CCOC(=O)CCCc1ccc(CNCCCCCCCC(=O)OC)cc1.COC(=O)CCCCCCC[NH3+].[Cl-]. The summed E-state index contributed by atoms with van der Waals surface area (Å²) in [4.78, 5) is 44.1. The summed E-state index contributed by atoms with van der Waals surface area (Å²) in [5, 5.41) is 3.48. The van der Waals surface area contributed by atoms with E-state index in [1.807, 2.05) is 26.0 Å². The third kappa shape index (κ3) is 34.1. The third-order valence-corrected chi connectivity index (χ3v) is 8.96. The van der Waals surface area contributed by atoms with Crippen molar-refractivity contribution in [3.8, 4) is 0 Å². The molecule has 0 aliphatic heterocycles. The lowest BCUT2D eigenvalue weighted by atomic mass is 10.1. The van der Waals surface area contributed by atoms with Gasteiger partial charge in [-0.05, 0) is 100 Å². The molecule has 320 valence electrons. The number of ether oxygens (including phenoxy) is 4. The molecule has 0 aliphatic rings. The average Bonchev–Trinajstić information content (AvgIpc) is 3.20. The molecule has 0 spiro atoms. The van der Waals surface area contributed by atoms with Gasteiger partial charge in [-0.1, -0.05) is 80.6 Å². The van der Waals surface area contributed by atoms with Gasteiger partial charge in [0.05, 0.1) is 34.0 Å². The molecule has 0 aliphatic carbocycles. The monoisotopic (exact) mass is 826 g/mol. The number of rotatable bonds is 28. The van der Waals surface area contributed by atoms with Crippen molar-refractivity contribution in [2.75, 3.05) is 40.5 Å². The molecule has 0 aromatic heterocycles. The van der Waals surface area contributed by atoms with Gasteiger partial charge in [0.1, 0.15) is 0 Å². The van der Waals surface area contributed by atoms with Crippen molar-refractivity contribution in [2.45, 2.75) is 142 Å². The first-order valence-corrected chi connectivity index (χ1v) is 20.9. The second-order valence-corrected chi connectivity index (χ2v) is 13.6. The fourth-order valence-corrected chi connectivity index (χ4v) is 5.60. The van der Waals surface area contributed by atoms with E-state index < -0.39 is 0 Å². The van der Waals surface area contributed by atoms with Crippen molar-refractivity contribution in [2.24, 2.45) is 0 Å². The van der Waals surface area contributed by atoms with Crippen LogP contribution in [0.3, 0.4) is 0 Å². The van der Waals surface area contributed by atoms with Gasteiger partial charge in [0, 0.05) is 38.1 Å². The molecular weight excluding hydrogens is 755 g/mol. The van der Waals surface area contributed by atoms with Gasteiger partial charge in [-0.3, -0.25) is 19.2 Å². The molecule has 4 N–H and O–H groups in total. The summed E-state index contributed by atoms with van der Waals surface area (Å²) in [5.41, 5.74) is 8.67. The van der Waals surface area contributed by atoms with Crippen LogP contribution in [0.1, 0.15) is 139 Å². The predicted octanol–water partition coefficient (Wildman–Crippen LogP) is 5.23. The molecular formula is C44H72Cl2N2O8. The van der Waals surface area contributed by atoms with Crippen LogP contribution in [0.15, 0.2) is 48.5 Å². The van der Waals surface area contributed by atoms with Crippen molar-refractivity contribution in [1.82, 2.24) is 5.32 Å². The van der Waals surface area contributed by atoms with E-state index in [1.165, 1.54) is 63.0 Å². The molecule has 0 atom stereocenters. The molecule has 12 heteroatoms. The lowest BCUT2D eigenvalue weighted by molar-refractivity contribution is -0.368. The zero-order valence-electron chi connectivity index (χ0n) is 34.8. The molecule has 0 saturated carbocycles. The number of benzene rings is 2. The highest BCUT2D eigenvalue weighted by atomic mass is 35.5. The summed E-state index contributed by atoms with van der Waals surface area (Å²) in [6.45, 7) is 7.49. The Labute approximate surface area is 349 Å². The summed E-state index contributed by atoms with van der Waals surface area (Å²) in [5.74, 6) is 0.124. The summed E-state index contributed by atoms with van der Waals surface area (Å²) in [6, 6.07) is 16.7. The number of quaternary nitrogens is 1. The van der Waals surface area contributed by atoms with E-state index in [1.54, 1.807) is 0 Å². The minimum atomic E-state index is -0.111. The van der Waals surface area contributed by atoms with E-state index >= 15 is 0 Å². The summed E-state index contributed by atoms with van der Waals surface area (Å²) >= 11 is 5.70. The molecule has 10 nitrogen and oxygen atoms in total. The highest BCUT2D eigenvalue weighted by molar-refractivity contribution is 6.17. The quantitative estimate of drug-likeness (QED) is 0.0510. The van der Waals surface area contributed by atoms with Crippen LogP contribution >= 0.6 is 11.6 Å². The maximum Gasteiger partial charge on any atom is 0.305 e. The minimum Gasteiger partial charge on any atom is -1.00 e. The molecule has 2 rings (SSSR count). The topological polar surface area (TPSA) is 145 Å². The normalized spacial score (nSPS) is 10.1. The number of unbranched alkanes of at least 4 members (excludes halogenated alkanes) is 8. The van der Waals surface area contributed by atoms with E-state index in [0.717, 1.165) is 83.0 Å².